The Bertz CT molecular complexity index is 934. The van der Waals surface area contributed by atoms with Gasteiger partial charge in [0.25, 0.3) is 0 Å². The summed E-state index contributed by atoms with van der Waals surface area (Å²) < 4.78 is 64.3. The van der Waals surface area contributed by atoms with E-state index in [4.69, 9.17) is 0 Å². The first-order valence-corrected chi connectivity index (χ1v) is 10.4. The van der Waals surface area contributed by atoms with Gasteiger partial charge in [-0.25, -0.2) is 21.6 Å². The molecule has 0 aliphatic heterocycles. The number of carbonyl (C=O) groups is 1. The van der Waals surface area contributed by atoms with E-state index in [0.29, 0.717) is 0 Å². The van der Waals surface area contributed by atoms with Crippen molar-refractivity contribution in [2.45, 2.75) is 25.8 Å². The first-order chi connectivity index (χ1) is 13.1. The highest BCUT2D eigenvalue weighted by Gasteiger charge is 2.19. The molecule has 28 heavy (non-hydrogen) atoms. The average molecular weight is 414 g/mol. The molecule has 0 bridgehead atoms. The molecule has 0 saturated heterocycles. The minimum absolute atomic E-state index is 0.0125. The van der Waals surface area contributed by atoms with Crippen LogP contribution in [0, 0.1) is 17.5 Å². The SMILES string of the molecule is CC(NC(=O)CCCN(c1ccc(F)c(F)c1)S(C)(=O)=O)c1ccc(F)cc1. The van der Waals surface area contributed by atoms with Gasteiger partial charge >= 0.3 is 0 Å². The van der Waals surface area contributed by atoms with Gasteiger partial charge in [0.15, 0.2) is 11.6 Å². The molecule has 9 heteroatoms. The number of halogens is 3. The lowest BCUT2D eigenvalue weighted by Crippen LogP contribution is -2.32. The Hall–Kier alpha value is -2.55. The van der Waals surface area contributed by atoms with E-state index in [-0.39, 0.29) is 42.8 Å². The number of rotatable bonds is 8. The van der Waals surface area contributed by atoms with Crippen LogP contribution in [-0.4, -0.2) is 27.1 Å². The molecule has 0 heterocycles. The van der Waals surface area contributed by atoms with Crippen LogP contribution in [0.1, 0.15) is 31.4 Å². The van der Waals surface area contributed by atoms with E-state index < -0.39 is 21.7 Å². The lowest BCUT2D eigenvalue weighted by molar-refractivity contribution is -0.121. The molecule has 5 nitrogen and oxygen atoms in total. The molecule has 0 aromatic heterocycles. The molecule has 0 aliphatic rings. The number of anilines is 1. The minimum atomic E-state index is -3.74. The van der Waals surface area contributed by atoms with Gasteiger partial charge in [-0.1, -0.05) is 12.1 Å². The third kappa shape index (κ3) is 5.98. The van der Waals surface area contributed by atoms with Crippen molar-refractivity contribution in [1.29, 1.82) is 0 Å². The Morgan fingerprint density at radius 2 is 1.71 bits per heavy atom. The molecule has 2 rings (SSSR count). The number of nitrogens with one attached hydrogen (secondary N) is 1. The average Bonchev–Trinajstić information content (AvgIpc) is 2.60. The van der Waals surface area contributed by atoms with E-state index in [1.54, 1.807) is 19.1 Å². The lowest BCUT2D eigenvalue weighted by atomic mass is 10.1. The van der Waals surface area contributed by atoms with Gasteiger partial charge in [0.2, 0.25) is 15.9 Å². The molecule has 1 amide bonds. The summed E-state index contributed by atoms with van der Waals surface area (Å²) in [6, 6.07) is 8.19. The molecule has 0 aliphatic carbocycles. The van der Waals surface area contributed by atoms with Crippen LogP contribution in [0.2, 0.25) is 0 Å². The second-order valence-electron chi connectivity index (χ2n) is 6.38. The molecule has 0 spiro atoms. The van der Waals surface area contributed by atoms with Gasteiger partial charge in [0, 0.05) is 19.0 Å². The molecule has 1 atom stereocenters. The van der Waals surface area contributed by atoms with Crippen LogP contribution in [0.15, 0.2) is 42.5 Å². The van der Waals surface area contributed by atoms with E-state index in [9.17, 15) is 26.4 Å². The fourth-order valence-corrected chi connectivity index (χ4v) is 3.62. The van der Waals surface area contributed by atoms with Crippen molar-refractivity contribution in [3.8, 4) is 0 Å². The van der Waals surface area contributed by atoms with E-state index in [2.05, 4.69) is 5.32 Å². The zero-order chi connectivity index (χ0) is 20.9. The summed E-state index contributed by atoms with van der Waals surface area (Å²) in [7, 11) is -3.74. The highest BCUT2D eigenvalue weighted by Crippen LogP contribution is 2.21. The summed E-state index contributed by atoms with van der Waals surface area (Å²) >= 11 is 0. The molecule has 0 radical (unpaired) electrons. The first kappa shape index (κ1) is 21.7. The van der Waals surface area contributed by atoms with Crippen LogP contribution in [0.3, 0.4) is 0 Å². The summed E-state index contributed by atoms with van der Waals surface area (Å²) in [5.74, 6) is -2.92. The minimum Gasteiger partial charge on any atom is -0.350 e. The van der Waals surface area contributed by atoms with Crippen molar-refractivity contribution in [2.24, 2.45) is 0 Å². The maximum Gasteiger partial charge on any atom is 0.232 e. The van der Waals surface area contributed by atoms with Gasteiger partial charge in [0.05, 0.1) is 18.0 Å². The van der Waals surface area contributed by atoms with Gasteiger partial charge in [-0.05, 0) is 43.2 Å². The zero-order valence-electron chi connectivity index (χ0n) is 15.5. The normalized spacial score (nSPS) is 12.5. The van der Waals surface area contributed by atoms with E-state index >= 15 is 0 Å². The van der Waals surface area contributed by atoms with Gasteiger partial charge in [-0.15, -0.1) is 0 Å². The van der Waals surface area contributed by atoms with Crippen LogP contribution >= 0.6 is 0 Å². The molecule has 2 aromatic rings. The van der Waals surface area contributed by atoms with Gasteiger partial charge in [0.1, 0.15) is 5.82 Å². The molecule has 0 saturated carbocycles. The smallest absolute Gasteiger partial charge is 0.232 e. The fourth-order valence-electron chi connectivity index (χ4n) is 2.66. The number of hydrogen-bond donors (Lipinski definition) is 1. The highest BCUT2D eigenvalue weighted by molar-refractivity contribution is 7.92. The third-order valence-corrected chi connectivity index (χ3v) is 5.30. The topological polar surface area (TPSA) is 66.5 Å². The largest absolute Gasteiger partial charge is 0.350 e. The van der Waals surface area contributed by atoms with Crippen LogP contribution < -0.4 is 9.62 Å². The molecule has 1 unspecified atom stereocenters. The van der Waals surface area contributed by atoms with Crippen molar-refractivity contribution in [3.05, 3.63) is 65.5 Å². The number of sulfonamides is 1. The van der Waals surface area contributed by atoms with Crippen LogP contribution in [0.25, 0.3) is 0 Å². The molecule has 1 N–H and O–H groups in total. The fraction of sp³-hybridized carbons (Fsp3) is 0.316. The first-order valence-electron chi connectivity index (χ1n) is 8.55. The Kier molecular flexibility index (Phi) is 7.06. The van der Waals surface area contributed by atoms with Crippen molar-refractivity contribution in [2.75, 3.05) is 17.1 Å². The quantitative estimate of drug-likeness (QED) is 0.719. The van der Waals surface area contributed by atoms with Crippen molar-refractivity contribution in [3.63, 3.8) is 0 Å². The van der Waals surface area contributed by atoms with Crippen molar-refractivity contribution >= 4 is 21.6 Å². The molecular formula is C19H21F3N2O3S. The van der Waals surface area contributed by atoms with E-state index in [1.807, 2.05) is 0 Å². The number of benzene rings is 2. The summed E-state index contributed by atoms with van der Waals surface area (Å²) in [6.45, 7) is 1.68. The van der Waals surface area contributed by atoms with Crippen LogP contribution in [-0.2, 0) is 14.8 Å². The Labute approximate surface area is 162 Å². The van der Waals surface area contributed by atoms with E-state index in [0.717, 1.165) is 34.3 Å². The van der Waals surface area contributed by atoms with Crippen LogP contribution in [0.4, 0.5) is 18.9 Å². The summed E-state index contributed by atoms with van der Waals surface area (Å²) in [6.07, 6.45) is 1.15. The monoisotopic (exact) mass is 414 g/mol. The Morgan fingerprint density at radius 1 is 1.07 bits per heavy atom. The van der Waals surface area contributed by atoms with Gasteiger partial charge < -0.3 is 5.32 Å². The lowest BCUT2D eigenvalue weighted by Gasteiger charge is -2.22. The van der Waals surface area contributed by atoms with E-state index in [1.165, 1.54) is 12.1 Å². The number of carbonyl (C=O) groups excluding carboxylic acids is 1. The number of hydrogen-bond acceptors (Lipinski definition) is 3. The standard InChI is InChI=1S/C19H21F3N2O3S/c1-13(14-5-7-15(20)8-6-14)23-19(25)4-3-11-24(28(2,26)27)16-9-10-17(21)18(22)12-16/h5-10,12-13H,3-4,11H2,1-2H3,(H,23,25). The summed E-state index contributed by atoms with van der Waals surface area (Å²) in [5, 5.41) is 2.75. The molecule has 152 valence electrons. The second-order valence-corrected chi connectivity index (χ2v) is 8.28. The molecule has 0 fully saturated rings. The summed E-state index contributed by atoms with van der Waals surface area (Å²) in [4.78, 5) is 12.1. The third-order valence-electron chi connectivity index (χ3n) is 4.10. The predicted molar refractivity (Wildman–Crippen MR) is 101 cm³/mol. The summed E-state index contributed by atoms with van der Waals surface area (Å²) in [5.41, 5.74) is 0.718. The number of nitrogens with zero attached hydrogens (tertiary/aromatic N) is 1. The van der Waals surface area contributed by atoms with Crippen LogP contribution in [0.5, 0.6) is 0 Å². The van der Waals surface area contributed by atoms with Gasteiger partial charge in [-0.3, -0.25) is 9.10 Å². The zero-order valence-corrected chi connectivity index (χ0v) is 16.3. The maximum atomic E-state index is 13.4. The van der Waals surface area contributed by atoms with Crippen molar-refractivity contribution < 1.29 is 26.4 Å². The van der Waals surface area contributed by atoms with Gasteiger partial charge in [-0.2, -0.15) is 0 Å². The highest BCUT2D eigenvalue weighted by atomic mass is 32.2. The predicted octanol–water partition coefficient (Wildman–Crippen LogP) is 3.53. The number of amides is 1. The molecule has 2 aromatic carbocycles. The second kappa shape index (κ2) is 9.09. The Morgan fingerprint density at radius 3 is 2.29 bits per heavy atom. The maximum absolute atomic E-state index is 13.4. The Balaban J connectivity index is 1.95. The van der Waals surface area contributed by atoms with Crippen molar-refractivity contribution in [1.82, 2.24) is 5.32 Å². The molecular weight excluding hydrogens is 393 g/mol.